The number of nitrogens with zero attached hydrogens (tertiary/aromatic N) is 3. The molecule has 5 nitrogen and oxygen atoms in total. The number of benzene rings is 1. The number of rotatable bonds is 5. The minimum Gasteiger partial charge on any atom is -0.339 e. The molecule has 1 atom stereocenters. The zero-order valence-corrected chi connectivity index (χ0v) is 13.9. The number of ketones is 1. The predicted molar refractivity (Wildman–Crippen MR) is 87.0 cm³/mol. The lowest BCUT2D eigenvalue weighted by atomic mass is 10.0. The summed E-state index contributed by atoms with van der Waals surface area (Å²) in [7, 11) is 1.74. The highest BCUT2D eigenvalue weighted by molar-refractivity contribution is 5.96. The van der Waals surface area contributed by atoms with E-state index in [2.05, 4.69) is 5.10 Å². The maximum atomic E-state index is 13.8. The number of aromatic nitrogens is 2. The van der Waals surface area contributed by atoms with Gasteiger partial charge in [0, 0.05) is 38.3 Å². The molecule has 1 aromatic carbocycles. The average molecular weight is 347 g/mol. The lowest BCUT2D eigenvalue weighted by Crippen LogP contribution is -2.38. The molecule has 1 aliphatic rings. The van der Waals surface area contributed by atoms with Gasteiger partial charge in [0.1, 0.15) is 11.6 Å². The van der Waals surface area contributed by atoms with Crippen molar-refractivity contribution in [1.29, 1.82) is 0 Å². The van der Waals surface area contributed by atoms with Crippen LogP contribution in [0.3, 0.4) is 0 Å². The van der Waals surface area contributed by atoms with Gasteiger partial charge in [-0.2, -0.15) is 5.10 Å². The van der Waals surface area contributed by atoms with E-state index >= 15 is 0 Å². The van der Waals surface area contributed by atoms with E-state index in [1.165, 1.54) is 12.3 Å². The summed E-state index contributed by atoms with van der Waals surface area (Å²) < 4.78 is 28.3. The molecule has 0 saturated carbocycles. The molecule has 7 heteroatoms. The van der Waals surface area contributed by atoms with Crippen molar-refractivity contribution >= 4 is 11.7 Å². The quantitative estimate of drug-likeness (QED) is 0.781. The highest BCUT2D eigenvalue weighted by Gasteiger charge is 2.31. The first-order chi connectivity index (χ1) is 11.9. The SMILES string of the molecule is Cn1cc(C(=O)C[C@H]2CCCN2C(=O)Cc2ccc(F)cc2F)cn1. The lowest BCUT2D eigenvalue weighted by Gasteiger charge is -2.24. The van der Waals surface area contributed by atoms with Crippen LogP contribution < -0.4 is 0 Å². The topological polar surface area (TPSA) is 55.2 Å². The Bertz CT molecular complexity index is 803. The number of likely N-dealkylation sites (tertiary alicyclic amines) is 1. The van der Waals surface area contributed by atoms with Crippen molar-refractivity contribution in [3.63, 3.8) is 0 Å². The molecule has 25 heavy (non-hydrogen) atoms. The summed E-state index contributed by atoms with van der Waals surface area (Å²) in [5.74, 6) is -1.71. The minimum absolute atomic E-state index is 0.0641. The van der Waals surface area contributed by atoms with E-state index in [1.807, 2.05) is 0 Å². The molecule has 0 aliphatic carbocycles. The first kappa shape index (κ1) is 17.3. The normalized spacial score (nSPS) is 17.1. The number of carbonyl (C=O) groups excluding carboxylic acids is 2. The van der Waals surface area contributed by atoms with E-state index in [9.17, 15) is 18.4 Å². The molecule has 3 rings (SSSR count). The van der Waals surface area contributed by atoms with Gasteiger partial charge in [-0.25, -0.2) is 8.78 Å². The average Bonchev–Trinajstić information content (AvgIpc) is 3.19. The van der Waals surface area contributed by atoms with Crippen LogP contribution in [0, 0.1) is 11.6 Å². The second kappa shape index (κ2) is 7.13. The second-order valence-corrected chi connectivity index (χ2v) is 6.33. The zero-order valence-electron chi connectivity index (χ0n) is 13.9. The molecule has 1 saturated heterocycles. The van der Waals surface area contributed by atoms with Crippen LogP contribution in [-0.2, 0) is 18.3 Å². The molecular weight excluding hydrogens is 328 g/mol. The molecule has 0 unspecified atom stereocenters. The fraction of sp³-hybridized carbons (Fsp3) is 0.389. The summed E-state index contributed by atoms with van der Waals surface area (Å²) in [6, 6.07) is 3.01. The molecule has 132 valence electrons. The minimum atomic E-state index is -0.726. The summed E-state index contributed by atoms with van der Waals surface area (Å²) in [4.78, 5) is 26.5. The number of hydrogen-bond acceptors (Lipinski definition) is 3. The van der Waals surface area contributed by atoms with Gasteiger partial charge in [-0.1, -0.05) is 6.07 Å². The van der Waals surface area contributed by atoms with E-state index < -0.39 is 11.6 Å². The fourth-order valence-corrected chi connectivity index (χ4v) is 3.20. The first-order valence-electron chi connectivity index (χ1n) is 8.19. The van der Waals surface area contributed by atoms with E-state index in [4.69, 9.17) is 0 Å². The molecule has 1 amide bonds. The van der Waals surface area contributed by atoms with Crippen LogP contribution in [0.1, 0.15) is 35.2 Å². The Morgan fingerprint density at radius 3 is 2.80 bits per heavy atom. The van der Waals surface area contributed by atoms with Gasteiger partial charge < -0.3 is 4.90 Å². The van der Waals surface area contributed by atoms with Crippen molar-refractivity contribution in [2.45, 2.75) is 31.7 Å². The molecule has 0 bridgehead atoms. The number of hydrogen-bond donors (Lipinski definition) is 0. The Labute approximate surface area is 144 Å². The molecule has 0 spiro atoms. The summed E-state index contributed by atoms with van der Waals surface area (Å²) in [5.41, 5.74) is 0.682. The van der Waals surface area contributed by atoms with Gasteiger partial charge in [0.05, 0.1) is 18.2 Å². The number of amides is 1. The van der Waals surface area contributed by atoms with E-state index in [0.29, 0.717) is 12.1 Å². The Morgan fingerprint density at radius 1 is 1.32 bits per heavy atom. The molecule has 0 N–H and O–H groups in total. The highest BCUT2D eigenvalue weighted by atomic mass is 19.1. The molecular formula is C18H19F2N3O2. The smallest absolute Gasteiger partial charge is 0.227 e. The van der Waals surface area contributed by atoms with E-state index in [1.54, 1.807) is 22.8 Å². The molecule has 1 aliphatic heterocycles. The maximum absolute atomic E-state index is 13.8. The van der Waals surface area contributed by atoms with Gasteiger partial charge >= 0.3 is 0 Å². The van der Waals surface area contributed by atoms with Crippen molar-refractivity contribution in [1.82, 2.24) is 14.7 Å². The number of aryl methyl sites for hydroxylation is 1. The highest BCUT2D eigenvalue weighted by Crippen LogP contribution is 2.23. The van der Waals surface area contributed by atoms with Gasteiger partial charge in [0.25, 0.3) is 0 Å². The van der Waals surface area contributed by atoms with Gasteiger partial charge in [0.2, 0.25) is 5.91 Å². The molecule has 1 fully saturated rings. The van der Waals surface area contributed by atoms with Crippen molar-refractivity contribution in [2.75, 3.05) is 6.54 Å². The standard InChI is InChI=1S/C18H19F2N3O2/c1-22-11-13(10-21-22)17(24)9-15-3-2-6-23(15)18(25)7-12-4-5-14(19)8-16(12)20/h4-5,8,10-11,15H,2-3,6-7,9H2,1H3/t15-/m1/s1. The molecule has 2 heterocycles. The number of halogens is 2. The third-order valence-electron chi connectivity index (χ3n) is 4.50. The second-order valence-electron chi connectivity index (χ2n) is 6.33. The predicted octanol–water partition coefficient (Wildman–Crippen LogP) is 2.50. The first-order valence-corrected chi connectivity index (χ1v) is 8.19. The van der Waals surface area contributed by atoms with Crippen LogP contribution in [0.15, 0.2) is 30.6 Å². The fourth-order valence-electron chi connectivity index (χ4n) is 3.20. The van der Waals surface area contributed by atoms with Crippen LogP contribution in [0.5, 0.6) is 0 Å². The van der Waals surface area contributed by atoms with Crippen LogP contribution >= 0.6 is 0 Å². The molecule has 2 aromatic rings. The lowest BCUT2D eigenvalue weighted by molar-refractivity contribution is -0.131. The van der Waals surface area contributed by atoms with Crippen molar-refractivity contribution in [3.05, 3.63) is 53.4 Å². The van der Waals surface area contributed by atoms with Gasteiger partial charge in [-0.05, 0) is 24.5 Å². The van der Waals surface area contributed by atoms with Gasteiger partial charge in [-0.3, -0.25) is 14.3 Å². The van der Waals surface area contributed by atoms with E-state index in [-0.39, 0.29) is 36.1 Å². The summed E-state index contributed by atoms with van der Waals surface area (Å²) in [6.45, 7) is 0.548. The Morgan fingerprint density at radius 2 is 2.12 bits per heavy atom. The zero-order chi connectivity index (χ0) is 18.0. The molecule has 1 aromatic heterocycles. The third-order valence-corrected chi connectivity index (χ3v) is 4.50. The monoisotopic (exact) mass is 347 g/mol. The number of carbonyl (C=O) groups is 2. The number of Topliss-reactive ketones (excluding diaryl/α,β-unsaturated/α-hetero) is 1. The van der Waals surface area contributed by atoms with E-state index in [0.717, 1.165) is 25.0 Å². The summed E-state index contributed by atoms with van der Waals surface area (Å²) >= 11 is 0. The largest absolute Gasteiger partial charge is 0.339 e. The van der Waals surface area contributed by atoms with Crippen LogP contribution in [-0.4, -0.2) is 39.0 Å². The summed E-state index contributed by atoms with van der Waals surface area (Å²) in [6.07, 6.45) is 4.80. The Hall–Kier alpha value is -2.57. The van der Waals surface area contributed by atoms with Crippen molar-refractivity contribution in [2.24, 2.45) is 7.05 Å². The maximum Gasteiger partial charge on any atom is 0.227 e. The van der Waals surface area contributed by atoms with Gasteiger partial charge in [-0.15, -0.1) is 0 Å². The van der Waals surface area contributed by atoms with Gasteiger partial charge in [0.15, 0.2) is 5.78 Å². The van der Waals surface area contributed by atoms with Crippen LogP contribution in [0.25, 0.3) is 0 Å². The summed E-state index contributed by atoms with van der Waals surface area (Å²) in [5, 5.41) is 3.98. The molecule has 0 radical (unpaired) electrons. The van der Waals surface area contributed by atoms with Crippen molar-refractivity contribution < 1.29 is 18.4 Å². The van der Waals surface area contributed by atoms with Crippen molar-refractivity contribution in [3.8, 4) is 0 Å². The third kappa shape index (κ3) is 3.92. The van der Waals surface area contributed by atoms with Crippen LogP contribution in [0.2, 0.25) is 0 Å². The Balaban J connectivity index is 1.66. The Kier molecular flexibility index (Phi) is 4.92. The van der Waals surface area contributed by atoms with Crippen LogP contribution in [0.4, 0.5) is 8.78 Å².